The SMILES string of the molecule is Cc1cn2cc(-c3c(C(=O)N(C)C)c(F)cc4[nH]ncc34)ccc2n1. The van der Waals surface area contributed by atoms with Crippen molar-refractivity contribution in [3.8, 4) is 11.1 Å². The summed E-state index contributed by atoms with van der Waals surface area (Å²) in [4.78, 5) is 18.4. The molecule has 1 amide bonds. The highest BCUT2D eigenvalue weighted by Gasteiger charge is 2.23. The molecular formula is C18H16FN5O. The number of hydrogen-bond acceptors (Lipinski definition) is 3. The van der Waals surface area contributed by atoms with Crippen LogP contribution < -0.4 is 0 Å². The highest BCUT2D eigenvalue weighted by Crippen LogP contribution is 2.34. The van der Waals surface area contributed by atoms with Gasteiger partial charge in [-0.15, -0.1) is 0 Å². The highest BCUT2D eigenvalue weighted by molar-refractivity contribution is 6.09. The Morgan fingerprint density at radius 1 is 1.28 bits per heavy atom. The first-order valence-electron chi connectivity index (χ1n) is 7.78. The van der Waals surface area contributed by atoms with Gasteiger partial charge in [-0.25, -0.2) is 9.37 Å². The lowest BCUT2D eigenvalue weighted by Crippen LogP contribution is -2.23. The molecule has 0 saturated heterocycles. The quantitative estimate of drug-likeness (QED) is 0.611. The molecule has 0 unspecified atom stereocenters. The molecule has 4 aromatic rings. The lowest BCUT2D eigenvalue weighted by atomic mass is 9.96. The molecule has 0 aliphatic carbocycles. The fraction of sp³-hybridized carbons (Fsp3) is 0.167. The zero-order valence-electron chi connectivity index (χ0n) is 14.0. The van der Waals surface area contributed by atoms with Crippen LogP contribution in [0.5, 0.6) is 0 Å². The molecule has 0 radical (unpaired) electrons. The maximum absolute atomic E-state index is 14.8. The second-order valence-corrected chi connectivity index (χ2v) is 6.20. The molecule has 0 bridgehead atoms. The van der Waals surface area contributed by atoms with Crippen LogP contribution in [0.25, 0.3) is 27.7 Å². The summed E-state index contributed by atoms with van der Waals surface area (Å²) in [7, 11) is 3.21. The van der Waals surface area contributed by atoms with E-state index in [9.17, 15) is 9.18 Å². The minimum absolute atomic E-state index is 0.0371. The van der Waals surface area contributed by atoms with Crippen LogP contribution >= 0.6 is 0 Å². The Balaban J connectivity index is 2.08. The first kappa shape index (κ1) is 15.3. The highest BCUT2D eigenvalue weighted by atomic mass is 19.1. The third-order valence-electron chi connectivity index (χ3n) is 4.18. The van der Waals surface area contributed by atoms with Crippen LogP contribution in [0.4, 0.5) is 4.39 Å². The van der Waals surface area contributed by atoms with E-state index in [0.717, 1.165) is 16.9 Å². The van der Waals surface area contributed by atoms with Crippen molar-refractivity contribution >= 4 is 22.5 Å². The van der Waals surface area contributed by atoms with E-state index in [0.29, 0.717) is 16.5 Å². The number of fused-ring (bicyclic) bond motifs is 2. The van der Waals surface area contributed by atoms with E-state index < -0.39 is 11.7 Å². The number of aromatic nitrogens is 4. The first-order valence-corrected chi connectivity index (χ1v) is 7.78. The molecule has 0 saturated carbocycles. The number of carbonyl (C=O) groups is 1. The average Bonchev–Trinajstić information content (AvgIpc) is 3.16. The van der Waals surface area contributed by atoms with Gasteiger partial charge < -0.3 is 9.30 Å². The normalized spacial score (nSPS) is 11.4. The largest absolute Gasteiger partial charge is 0.345 e. The predicted octanol–water partition coefficient (Wildman–Crippen LogP) is 3.03. The number of hydrogen-bond donors (Lipinski definition) is 1. The van der Waals surface area contributed by atoms with E-state index >= 15 is 0 Å². The Labute approximate surface area is 142 Å². The van der Waals surface area contributed by atoms with Gasteiger partial charge in [-0.3, -0.25) is 9.89 Å². The zero-order valence-corrected chi connectivity index (χ0v) is 14.0. The van der Waals surface area contributed by atoms with Crippen molar-refractivity contribution in [2.75, 3.05) is 14.1 Å². The first-order chi connectivity index (χ1) is 12.0. The Kier molecular flexibility index (Phi) is 3.31. The summed E-state index contributed by atoms with van der Waals surface area (Å²) in [6.45, 7) is 1.91. The molecule has 3 aromatic heterocycles. The molecule has 0 aliphatic rings. The van der Waals surface area contributed by atoms with Gasteiger partial charge in [-0.05, 0) is 19.1 Å². The van der Waals surface area contributed by atoms with Gasteiger partial charge >= 0.3 is 0 Å². The summed E-state index contributed by atoms with van der Waals surface area (Å²) in [5.41, 5.74) is 3.51. The number of pyridine rings is 1. The molecule has 1 N–H and O–H groups in total. The van der Waals surface area contributed by atoms with Crippen molar-refractivity contribution in [2.24, 2.45) is 0 Å². The van der Waals surface area contributed by atoms with Gasteiger partial charge in [0.25, 0.3) is 5.91 Å². The van der Waals surface area contributed by atoms with Crippen molar-refractivity contribution in [3.63, 3.8) is 0 Å². The molecule has 0 fully saturated rings. The Bertz CT molecular complexity index is 1130. The second kappa shape index (κ2) is 5.41. The Morgan fingerprint density at radius 2 is 2.08 bits per heavy atom. The van der Waals surface area contributed by atoms with Gasteiger partial charge in [0.15, 0.2) is 0 Å². The van der Waals surface area contributed by atoms with Gasteiger partial charge in [0.2, 0.25) is 0 Å². The number of carbonyl (C=O) groups excluding carboxylic acids is 1. The summed E-state index contributed by atoms with van der Waals surface area (Å²) < 4.78 is 16.6. The number of amides is 1. The molecule has 1 aromatic carbocycles. The molecule has 0 aliphatic heterocycles. The number of rotatable bonds is 2. The number of halogens is 1. The smallest absolute Gasteiger partial charge is 0.256 e. The third kappa shape index (κ3) is 2.36. The van der Waals surface area contributed by atoms with Gasteiger partial charge in [0.1, 0.15) is 11.5 Å². The predicted molar refractivity (Wildman–Crippen MR) is 93.0 cm³/mol. The van der Waals surface area contributed by atoms with E-state index in [-0.39, 0.29) is 5.56 Å². The minimum Gasteiger partial charge on any atom is -0.345 e. The summed E-state index contributed by atoms with van der Waals surface area (Å²) in [5.74, 6) is -0.968. The van der Waals surface area contributed by atoms with Gasteiger partial charge in [-0.1, -0.05) is 0 Å². The number of H-pyrrole nitrogens is 1. The van der Waals surface area contributed by atoms with Crippen molar-refractivity contribution in [1.82, 2.24) is 24.5 Å². The molecule has 7 heteroatoms. The molecule has 0 spiro atoms. The minimum atomic E-state index is -0.577. The third-order valence-corrected chi connectivity index (χ3v) is 4.18. The molecule has 25 heavy (non-hydrogen) atoms. The summed E-state index contributed by atoms with van der Waals surface area (Å²) in [6.07, 6.45) is 5.35. The summed E-state index contributed by atoms with van der Waals surface area (Å²) in [6, 6.07) is 5.00. The number of imidazole rings is 1. The van der Waals surface area contributed by atoms with Gasteiger partial charge in [0.05, 0.1) is 23.0 Å². The van der Waals surface area contributed by atoms with Crippen molar-refractivity contribution in [3.05, 3.63) is 53.9 Å². The fourth-order valence-electron chi connectivity index (χ4n) is 3.06. The monoisotopic (exact) mass is 337 g/mol. The Hall–Kier alpha value is -3.22. The van der Waals surface area contributed by atoms with E-state index in [2.05, 4.69) is 15.2 Å². The topological polar surface area (TPSA) is 66.3 Å². The Morgan fingerprint density at radius 3 is 2.84 bits per heavy atom. The van der Waals surface area contributed by atoms with Crippen molar-refractivity contribution < 1.29 is 9.18 Å². The van der Waals surface area contributed by atoms with Crippen molar-refractivity contribution in [1.29, 1.82) is 0 Å². The number of aryl methyl sites for hydroxylation is 1. The van der Waals surface area contributed by atoms with Crippen molar-refractivity contribution in [2.45, 2.75) is 6.92 Å². The van der Waals surface area contributed by atoms with Crippen LogP contribution in [-0.2, 0) is 0 Å². The maximum atomic E-state index is 14.8. The summed E-state index contributed by atoms with van der Waals surface area (Å²) in [5, 5.41) is 7.47. The molecule has 126 valence electrons. The number of benzene rings is 1. The van der Waals surface area contributed by atoms with E-state index in [1.807, 2.05) is 35.9 Å². The van der Waals surface area contributed by atoms with Crippen LogP contribution in [-0.4, -0.2) is 44.5 Å². The lowest BCUT2D eigenvalue weighted by Gasteiger charge is -2.16. The van der Waals surface area contributed by atoms with Crippen LogP contribution in [0.3, 0.4) is 0 Å². The lowest BCUT2D eigenvalue weighted by molar-refractivity contribution is 0.0824. The standard InChI is InChI=1S/C18H16FN5O/c1-10-8-24-9-11(4-5-15(24)21-10)16-12-7-20-22-14(12)6-13(19)17(16)18(25)23(2)3/h4-9H,1-3H3,(H,20,22). The van der Waals surface area contributed by atoms with Gasteiger partial charge in [0, 0.05) is 49.1 Å². The average molecular weight is 337 g/mol. The van der Waals surface area contributed by atoms with Crippen LogP contribution in [0.2, 0.25) is 0 Å². The molecular weight excluding hydrogens is 321 g/mol. The zero-order chi connectivity index (χ0) is 17.7. The van der Waals surface area contributed by atoms with Gasteiger partial charge in [-0.2, -0.15) is 5.10 Å². The molecule has 6 nitrogen and oxygen atoms in total. The molecule has 3 heterocycles. The van der Waals surface area contributed by atoms with Crippen LogP contribution in [0, 0.1) is 12.7 Å². The number of nitrogens with one attached hydrogen (secondary N) is 1. The van der Waals surface area contributed by atoms with Crippen LogP contribution in [0.15, 0.2) is 36.8 Å². The van der Waals surface area contributed by atoms with E-state index in [1.54, 1.807) is 20.3 Å². The number of aromatic amines is 1. The fourth-order valence-corrected chi connectivity index (χ4v) is 3.06. The summed E-state index contributed by atoms with van der Waals surface area (Å²) >= 11 is 0. The molecule has 4 rings (SSSR count). The molecule has 0 atom stereocenters. The van der Waals surface area contributed by atoms with E-state index in [1.165, 1.54) is 11.0 Å². The maximum Gasteiger partial charge on any atom is 0.256 e. The number of nitrogens with zero attached hydrogens (tertiary/aromatic N) is 4. The van der Waals surface area contributed by atoms with Crippen LogP contribution in [0.1, 0.15) is 16.1 Å². The van der Waals surface area contributed by atoms with E-state index in [4.69, 9.17) is 0 Å². The second-order valence-electron chi connectivity index (χ2n) is 6.20.